The average molecular weight is 626 g/mol. The Balaban J connectivity index is 1.65. The summed E-state index contributed by atoms with van der Waals surface area (Å²) in [5, 5.41) is 0. The Labute approximate surface area is 290 Å². The third kappa shape index (κ3) is 5.94. The predicted molar refractivity (Wildman–Crippen MR) is 209 cm³/mol. The zero-order valence-electron chi connectivity index (χ0n) is 27.3. The SMILES string of the molecule is c1ccc(B2C(c3ccccc3)C(c3ccccc3)=C(c3ccccc3)C(c3ccccc3)=C(c3ccccc3)N2c2ccccc2)cc1. The Morgan fingerprint density at radius 2 is 0.735 bits per heavy atom. The molecule has 0 aromatic heterocycles. The molecule has 0 saturated heterocycles. The molecule has 0 saturated carbocycles. The maximum Gasteiger partial charge on any atom is 0.306 e. The Kier molecular flexibility index (Phi) is 8.60. The molecule has 1 heterocycles. The molecule has 1 aliphatic heterocycles. The first kappa shape index (κ1) is 30.2. The first-order valence-corrected chi connectivity index (χ1v) is 17.0. The number of hydrogen-bond acceptors (Lipinski definition) is 1. The van der Waals surface area contributed by atoms with E-state index >= 15 is 0 Å². The number of rotatable bonds is 7. The summed E-state index contributed by atoms with van der Waals surface area (Å²) in [5.41, 5.74) is 13.3. The molecule has 0 radical (unpaired) electrons. The number of para-hydroxylation sites is 1. The molecule has 232 valence electrons. The summed E-state index contributed by atoms with van der Waals surface area (Å²) in [6, 6.07) is 77.2. The molecule has 1 nitrogen and oxygen atoms in total. The van der Waals surface area contributed by atoms with Crippen LogP contribution in [0.25, 0.3) is 22.4 Å². The minimum Gasteiger partial charge on any atom is -0.379 e. The topological polar surface area (TPSA) is 3.24 Å². The quantitative estimate of drug-likeness (QED) is 0.159. The fourth-order valence-corrected chi connectivity index (χ4v) is 7.47. The van der Waals surface area contributed by atoms with Crippen LogP contribution in [-0.2, 0) is 0 Å². The van der Waals surface area contributed by atoms with Gasteiger partial charge in [0.05, 0.1) is 0 Å². The van der Waals surface area contributed by atoms with Gasteiger partial charge >= 0.3 is 6.85 Å². The maximum absolute atomic E-state index is 2.63. The third-order valence-corrected chi connectivity index (χ3v) is 9.49. The van der Waals surface area contributed by atoms with Gasteiger partial charge in [-0.2, -0.15) is 0 Å². The first-order chi connectivity index (χ1) is 24.4. The van der Waals surface area contributed by atoms with Crippen LogP contribution in [-0.4, -0.2) is 6.85 Å². The van der Waals surface area contributed by atoms with E-state index in [4.69, 9.17) is 0 Å². The molecule has 7 aromatic carbocycles. The van der Waals surface area contributed by atoms with Crippen molar-refractivity contribution in [1.82, 2.24) is 0 Å². The minimum atomic E-state index is -0.101. The molecule has 49 heavy (non-hydrogen) atoms. The summed E-state index contributed by atoms with van der Waals surface area (Å²) < 4.78 is 0. The van der Waals surface area contributed by atoms with E-state index in [0.717, 1.165) is 5.69 Å². The molecule has 2 heteroatoms. The zero-order chi connectivity index (χ0) is 32.8. The summed E-state index contributed by atoms with van der Waals surface area (Å²) in [5.74, 6) is -0.0543. The maximum atomic E-state index is 2.63. The van der Waals surface area contributed by atoms with Crippen molar-refractivity contribution in [2.75, 3.05) is 4.81 Å². The van der Waals surface area contributed by atoms with Crippen LogP contribution in [0, 0.1) is 0 Å². The van der Waals surface area contributed by atoms with Crippen molar-refractivity contribution in [3.63, 3.8) is 0 Å². The molecule has 1 atom stereocenters. The van der Waals surface area contributed by atoms with Gasteiger partial charge in [-0.05, 0) is 51.1 Å². The van der Waals surface area contributed by atoms with E-state index in [0.29, 0.717) is 0 Å². The molecule has 0 aliphatic carbocycles. The summed E-state index contributed by atoms with van der Waals surface area (Å²) >= 11 is 0. The van der Waals surface area contributed by atoms with Gasteiger partial charge in [0.2, 0.25) is 0 Å². The first-order valence-electron chi connectivity index (χ1n) is 17.0. The smallest absolute Gasteiger partial charge is 0.306 e. The van der Waals surface area contributed by atoms with Gasteiger partial charge < -0.3 is 4.81 Å². The van der Waals surface area contributed by atoms with Crippen LogP contribution in [0.2, 0.25) is 0 Å². The van der Waals surface area contributed by atoms with Gasteiger partial charge in [0, 0.05) is 22.8 Å². The van der Waals surface area contributed by atoms with Crippen molar-refractivity contribution in [3.05, 3.63) is 240 Å². The number of allylic oxidation sites excluding steroid dienone is 3. The van der Waals surface area contributed by atoms with Gasteiger partial charge in [-0.1, -0.05) is 206 Å². The fourth-order valence-electron chi connectivity index (χ4n) is 7.47. The van der Waals surface area contributed by atoms with Gasteiger partial charge in [0.1, 0.15) is 0 Å². The summed E-state index contributed by atoms with van der Waals surface area (Å²) in [7, 11) is 0. The second-order valence-corrected chi connectivity index (χ2v) is 12.4. The fraction of sp³-hybridized carbons (Fsp3) is 0.0213. The van der Waals surface area contributed by atoms with Gasteiger partial charge in [-0.3, -0.25) is 0 Å². The largest absolute Gasteiger partial charge is 0.379 e. The van der Waals surface area contributed by atoms with Gasteiger partial charge in [0.25, 0.3) is 0 Å². The highest BCUT2D eigenvalue weighted by Gasteiger charge is 2.45. The Morgan fingerprint density at radius 3 is 1.24 bits per heavy atom. The number of benzene rings is 7. The molecule has 0 amide bonds. The monoisotopic (exact) mass is 625 g/mol. The highest BCUT2D eigenvalue weighted by Crippen LogP contribution is 2.52. The van der Waals surface area contributed by atoms with E-state index in [1.807, 2.05) is 0 Å². The lowest BCUT2D eigenvalue weighted by Crippen LogP contribution is -2.52. The second kappa shape index (κ2) is 13.9. The van der Waals surface area contributed by atoms with Gasteiger partial charge in [-0.25, -0.2) is 0 Å². The molecule has 1 unspecified atom stereocenters. The van der Waals surface area contributed by atoms with Crippen LogP contribution in [0.5, 0.6) is 0 Å². The van der Waals surface area contributed by atoms with E-state index in [-0.39, 0.29) is 12.7 Å². The summed E-state index contributed by atoms with van der Waals surface area (Å²) in [6.45, 7) is -0.101. The molecular weight excluding hydrogens is 589 g/mol. The predicted octanol–water partition coefficient (Wildman–Crippen LogP) is 10.9. The lowest BCUT2D eigenvalue weighted by Gasteiger charge is -2.38. The van der Waals surface area contributed by atoms with Crippen LogP contribution in [0.4, 0.5) is 5.69 Å². The van der Waals surface area contributed by atoms with Crippen molar-refractivity contribution >= 4 is 40.4 Å². The molecule has 1 aliphatic rings. The average Bonchev–Trinajstić information content (AvgIpc) is 3.34. The highest BCUT2D eigenvalue weighted by atomic mass is 15.1. The van der Waals surface area contributed by atoms with Crippen molar-refractivity contribution in [2.24, 2.45) is 0 Å². The van der Waals surface area contributed by atoms with E-state index in [1.54, 1.807) is 0 Å². The van der Waals surface area contributed by atoms with Gasteiger partial charge in [-0.15, -0.1) is 0 Å². The van der Waals surface area contributed by atoms with Crippen molar-refractivity contribution in [3.8, 4) is 0 Å². The molecule has 0 bridgehead atoms. The highest BCUT2D eigenvalue weighted by molar-refractivity contribution is 6.82. The van der Waals surface area contributed by atoms with Crippen LogP contribution >= 0.6 is 0 Å². The van der Waals surface area contributed by atoms with Crippen LogP contribution in [0.1, 0.15) is 33.6 Å². The van der Waals surface area contributed by atoms with E-state index in [1.165, 1.54) is 55.7 Å². The van der Waals surface area contributed by atoms with Crippen molar-refractivity contribution in [2.45, 2.75) is 5.82 Å². The normalized spacial score (nSPS) is 14.9. The molecule has 0 spiro atoms. The zero-order valence-corrected chi connectivity index (χ0v) is 27.3. The van der Waals surface area contributed by atoms with E-state index in [9.17, 15) is 0 Å². The summed E-state index contributed by atoms with van der Waals surface area (Å²) in [6.07, 6.45) is 0. The molecule has 7 aromatic rings. The lowest BCUT2D eigenvalue weighted by molar-refractivity contribution is 1.17. The minimum absolute atomic E-state index is 0.0543. The van der Waals surface area contributed by atoms with Crippen molar-refractivity contribution < 1.29 is 0 Å². The summed E-state index contributed by atoms with van der Waals surface area (Å²) in [4.78, 5) is 2.63. The number of hydrogen-bond donors (Lipinski definition) is 0. The van der Waals surface area contributed by atoms with E-state index < -0.39 is 0 Å². The van der Waals surface area contributed by atoms with Gasteiger partial charge in [0.15, 0.2) is 0 Å². The van der Waals surface area contributed by atoms with Crippen LogP contribution < -0.4 is 10.3 Å². The van der Waals surface area contributed by atoms with Crippen LogP contribution in [0.15, 0.2) is 212 Å². The molecule has 8 rings (SSSR count). The standard InChI is InChI=1S/C47H36BN/c1-8-22-36(23-9-1)43-44(37-24-10-2-11-25-37)46(39-28-14-4-15-29-39)48(41-32-18-6-19-33-41)49(42-34-20-7-21-35-42)47(40-30-16-5-17-31-40)45(43)38-26-12-3-13-27-38/h1-35,46H. The lowest BCUT2D eigenvalue weighted by atomic mass is 9.41. The molecule has 0 fully saturated rings. The van der Waals surface area contributed by atoms with Crippen LogP contribution in [0.3, 0.4) is 0 Å². The Bertz CT molecular complexity index is 2040. The van der Waals surface area contributed by atoms with E-state index in [2.05, 4.69) is 217 Å². The Hall–Kier alpha value is -6.12. The molecule has 0 N–H and O–H groups in total. The Morgan fingerprint density at radius 1 is 0.347 bits per heavy atom. The third-order valence-electron chi connectivity index (χ3n) is 9.49. The van der Waals surface area contributed by atoms with Crippen molar-refractivity contribution in [1.29, 1.82) is 0 Å². The number of anilines is 1. The second-order valence-electron chi connectivity index (χ2n) is 12.4. The molecular formula is C47H36BN. The number of nitrogens with zero attached hydrogens (tertiary/aromatic N) is 1.